The highest BCUT2D eigenvalue weighted by atomic mass is 19.1. The summed E-state index contributed by atoms with van der Waals surface area (Å²) in [6.07, 6.45) is 3.73. The van der Waals surface area contributed by atoms with Crippen LogP contribution in [0.25, 0.3) is 16.0 Å². The van der Waals surface area contributed by atoms with E-state index in [4.69, 9.17) is 15.8 Å². The van der Waals surface area contributed by atoms with Crippen molar-refractivity contribution in [3.05, 3.63) is 71.8 Å². The smallest absolute Gasteiger partial charge is 0.414 e. The quantitative estimate of drug-likeness (QED) is 0.602. The van der Waals surface area contributed by atoms with Gasteiger partial charge in [-0.3, -0.25) is 9.88 Å². The number of hydrogen-bond acceptors (Lipinski definition) is 6. The molecule has 2 aromatic heterocycles. The molecule has 156 valence electrons. The largest absolute Gasteiger partial charge is 0.442 e. The molecule has 2 fully saturated rings. The number of halogens is 1. The number of nitrogens with one attached hydrogen (secondary N) is 1. The Morgan fingerprint density at radius 2 is 2.16 bits per heavy atom. The first-order valence-corrected chi connectivity index (χ1v) is 9.85. The summed E-state index contributed by atoms with van der Waals surface area (Å²) in [5, 5.41) is 6.76. The first-order chi connectivity index (χ1) is 15.1. The summed E-state index contributed by atoms with van der Waals surface area (Å²) in [5.41, 5.74) is 1.66. The van der Waals surface area contributed by atoms with E-state index < -0.39 is 23.6 Å². The van der Waals surface area contributed by atoms with Crippen LogP contribution < -0.4 is 10.2 Å². The van der Waals surface area contributed by atoms with Gasteiger partial charge in [-0.1, -0.05) is 11.2 Å². The number of aromatic nitrogens is 2. The minimum absolute atomic E-state index is 0.289. The highest BCUT2D eigenvalue weighted by Gasteiger charge is 2.53. The second kappa shape index (κ2) is 7.40. The summed E-state index contributed by atoms with van der Waals surface area (Å²) >= 11 is 0. The Labute approximate surface area is 177 Å². The number of cyclic esters (lactones) is 1. The van der Waals surface area contributed by atoms with E-state index in [-0.39, 0.29) is 6.54 Å². The third-order valence-electron chi connectivity index (χ3n) is 5.58. The molecule has 1 saturated carbocycles. The highest BCUT2D eigenvalue weighted by molar-refractivity contribution is 5.90. The number of anilines is 2. The van der Waals surface area contributed by atoms with E-state index in [0.29, 0.717) is 29.2 Å². The lowest BCUT2D eigenvalue weighted by Gasteiger charge is -2.14. The van der Waals surface area contributed by atoms with Crippen molar-refractivity contribution in [3.8, 4) is 11.1 Å². The molecule has 1 saturated heterocycles. The second-order valence-electron chi connectivity index (χ2n) is 7.62. The zero-order valence-electron chi connectivity index (χ0n) is 16.4. The Hall–Kier alpha value is -3.93. The summed E-state index contributed by atoms with van der Waals surface area (Å²) in [5.74, 6) is 0.0869. The highest BCUT2D eigenvalue weighted by Crippen LogP contribution is 2.48. The van der Waals surface area contributed by atoms with Crippen molar-refractivity contribution in [1.29, 1.82) is 0 Å². The lowest BCUT2D eigenvalue weighted by atomic mass is 10.0. The molecule has 2 aliphatic rings. The van der Waals surface area contributed by atoms with Crippen LogP contribution in [0.5, 0.6) is 0 Å². The van der Waals surface area contributed by atoms with Crippen molar-refractivity contribution in [2.45, 2.75) is 24.5 Å². The maximum Gasteiger partial charge on any atom is 0.414 e. The predicted octanol–water partition coefficient (Wildman–Crippen LogP) is 4.22. The number of benzene rings is 1. The third-order valence-corrected chi connectivity index (χ3v) is 5.58. The molecular formula is C22H18FN5O3. The van der Waals surface area contributed by atoms with Crippen molar-refractivity contribution in [2.24, 2.45) is 0 Å². The van der Waals surface area contributed by atoms with Crippen LogP contribution in [0, 0.1) is 12.4 Å². The summed E-state index contributed by atoms with van der Waals surface area (Å²) in [4.78, 5) is 21.7. The molecule has 0 spiro atoms. The third kappa shape index (κ3) is 3.57. The number of carbonyl (C=O) groups is 1. The van der Waals surface area contributed by atoms with Crippen molar-refractivity contribution in [1.82, 2.24) is 10.1 Å². The van der Waals surface area contributed by atoms with E-state index in [1.807, 2.05) is 0 Å². The van der Waals surface area contributed by atoms with Crippen molar-refractivity contribution in [3.63, 3.8) is 0 Å². The van der Waals surface area contributed by atoms with Gasteiger partial charge >= 0.3 is 6.09 Å². The van der Waals surface area contributed by atoms with Gasteiger partial charge < -0.3 is 19.4 Å². The molecule has 3 aromatic rings. The van der Waals surface area contributed by atoms with Gasteiger partial charge in [-0.05, 0) is 24.3 Å². The summed E-state index contributed by atoms with van der Waals surface area (Å²) in [7, 11) is 0. The molecule has 5 rings (SSSR count). The van der Waals surface area contributed by atoms with Crippen LogP contribution in [0.3, 0.4) is 0 Å². The monoisotopic (exact) mass is 419 g/mol. The Morgan fingerprint density at radius 3 is 2.81 bits per heavy atom. The Balaban J connectivity index is 1.29. The number of nitrogens with zero attached hydrogens (tertiary/aromatic N) is 4. The fourth-order valence-corrected chi connectivity index (χ4v) is 3.64. The van der Waals surface area contributed by atoms with Gasteiger partial charge in [-0.2, -0.15) is 0 Å². The zero-order valence-corrected chi connectivity index (χ0v) is 16.4. The number of ether oxygens (including phenoxy) is 1. The normalized spacial score (nSPS) is 19.0. The van der Waals surface area contributed by atoms with Crippen LogP contribution in [0.2, 0.25) is 0 Å². The molecule has 1 atom stereocenters. The lowest BCUT2D eigenvalue weighted by Crippen LogP contribution is -2.27. The molecular weight excluding hydrogens is 401 g/mol. The number of rotatable bonds is 6. The molecule has 1 aromatic carbocycles. The van der Waals surface area contributed by atoms with Crippen LogP contribution in [-0.2, 0) is 10.3 Å². The van der Waals surface area contributed by atoms with E-state index in [9.17, 15) is 9.18 Å². The van der Waals surface area contributed by atoms with Crippen LogP contribution in [-0.4, -0.2) is 35.4 Å². The van der Waals surface area contributed by atoms with Crippen molar-refractivity contribution >= 4 is 17.6 Å². The average Bonchev–Trinajstić information content (AvgIpc) is 3.23. The molecule has 1 aliphatic carbocycles. The molecule has 8 nitrogen and oxygen atoms in total. The fraction of sp³-hybridized carbons (Fsp3) is 0.273. The number of amides is 1. The summed E-state index contributed by atoms with van der Waals surface area (Å²) in [6.45, 7) is 7.98. The van der Waals surface area contributed by atoms with Gasteiger partial charge in [0.05, 0.1) is 18.8 Å². The first-order valence-electron chi connectivity index (χ1n) is 9.85. The van der Waals surface area contributed by atoms with Crippen LogP contribution in [0.4, 0.5) is 20.7 Å². The van der Waals surface area contributed by atoms with E-state index in [0.717, 1.165) is 18.5 Å². The number of carbonyl (C=O) groups excluding carboxylic acids is 1. The first kappa shape index (κ1) is 19.1. The molecule has 0 bridgehead atoms. The topological polar surface area (TPSA) is 84.9 Å². The maximum absolute atomic E-state index is 14.9. The van der Waals surface area contributed by atoms with Crippen molar-refractivity contribution < 1.29 is 18.4 Å². The molecule has 3 heterocycles. The molecule has 31 heavy (non-hydrogen) atoms. The van der Waals surface area contributed by atoms with Gasteiger partial charge in [0.1, 0.15) is 23.9 Å². The van der Waals surface area contributed by atoms with E-state index in [1.54, 1.807) is 36.5 Å². The summed E-state index contributed by atoms with van der Waals surface area (Å²) in [6, 6.07) is 9.86. The van der Waals surface area contributed by atoms with Crippen LogP contribution in [0.1, 0.15) is 18.5 Å². The SMILES string of the molecule is [C-]#[N+]C1(c2ccc(-c3ccc(N4C[C@H](CNc5ccon5)OC4=O)cc3F)cn2)CC1. The van der Waals surface area contributed by atoms with E-state index >= 15 is 0 Å². The molecule has 0 radical (unpaired) electrons. The minimum atomic E-state index is -0.529. The molecule has 1 amide bonds. The van der Waals surface area contributed by atoms with Gasteiger partial charge in [0.2, 0.25) is 0 Å². The lowest BCUT2D eigenvalue weighted by molar-refractivity contribution is 0.147. The van der Waals surface area contributed by atoms with E-state index in [2.05, 4.69) is 20.3 Å². The van der Waals surface area contributed by atoms with Gasteiger partial charge in [0.15, 0.2) is 5.82 Å². The Morgan fingerprint density at radius 1 is 1.29 bits per heavy atom. The van der Waals surface area contributed by atoms with Gasteiger partial charge in [0, 0.05) is 36.2 Å². The van der Waals surface area contributed by atoms with Crippen LogP contribution in [0.15, 0.2) is 53.4 Å². The van der Waals surface area contributed by atoms with E-state index in [1.165, 1.54) is 17.2 Å². The Bertz CT molecular complexity index is 1150. The minimum Gasteiger partial charge on any atom is -0.442 e. The zero-order chi connectivity index (χ0) is 21.4. The van der Waals surface area contributed by atoms with Gasteiger partial charge in [-0.15, -0.1) is 0 Å². The fourth-order valence-electron chi connectivity index (χ4n) is 3.64. The van der Waals surface area contributed by atoms with Crippen molar-refractivity contribution in [2.75, 3.05) is 23.3 Å². The summed E-state index contributed by atoms with van der Waals surface area (Å²) < 4.78 is 25.0. The molecule has 0 unspecified atom stereocenters. The average molecular weight is 419 g/mol. The van der Waals surface area contributed by atoms with Gasteiger partial charge in [-0.25, -0.2) is 15.8 Å². The maximum atomic E-state index is 14.9. The Kier molecular flexibility index (Phi) is 4.55. The predicted molar refractivity (Wildman–Crippen MR) is 110 cm³/mol. The number of pyridine rings is 1. The molecule has 1 N–H and O–H groups in total. The number of hydrogen-bond donors (Lipinski definition) is 1. The molecule has 9 heteroatoms. The van der Waals surface area contributed by atoms with Gasteiger partial charge in [0.25, 0.3) is 5.54 Å². The second-order valence-corrected chi connectivity index (χ2v) is 7.62. The molecule has 1 aliphatic heterocycles. The van der Waals surface area contributed by atoms with Crippen LogP contribution >= 0.6 is 0 Å². The standard InChI is InChI=1S/C22H18FN5O3/c1-24-22(7-8-22)19-5-2-14(11-25-19)17-4-3-15(10-18(17)23)28-13-16(31-21(28)29)12-26-20-6-9-30-27-20/h2-6,9-11,16H,7-8,12-13H2,(H,26,27)/t16-/m0/s1.